The molecule has 0 fully saturated rings. The summed E-state index contributed by atoms with van der Waals surface area (Å²) in [6.07, 6.45) is -2.64. The first kappa shape index (κ1) is 31.6. The van der Waals surface area contributed by atoms with E-state index < -0.39 is 98.8 Å². The Morgan fingerprint density at radius 2 is 1.02 bits per heavy atom. The lowest BCUT2D eigenvalue weighted by molar-refractivity contribution is -0.196. The highest BCUT2D eigenvalue weighted by Gasteiger charge is 2.35. The van der Waals surface area contributed by atoms with Crippen LogP contribution in [0.4, 0.5) is 48.3 Å². The van der Waals surface area contributed by atoms with Gasteiger partial charge in [-0.1, -0.05) is 13.3 Å². The first-order chi connectivity index (χ1) is 20.2. The monoisotopic (exact) mass is 620 g/mol. The number of hydrogen-bond donors (Lipinski definition) is 0. The Kier molecular flexibility index (Phi) is 9.21. The van der Waals surface area contributed by atoms with Gasteiger partial charge >= 0.3 is 6.11 Å². The summed E-state index contributed by atoms with van der Waals surface area (Å²) in [5, 5.41) is 0. The van der Waals surface area contributed by atoms with Gasteiger partial charge in [0.15, 0.2) is 41.4 Å². The molecular weight excluding hydrogens is 601 g/mol. The van der Waals surface area contributed by atoms with Crippen LogP contribution in [0, 0.1) is 52.4 Å². The number of unbranched alkanes of at least 4 members (excludes halogenated alkanes) is 1. The van der Waals surface area contributed by atoms with Crippen LogP contribution in [0.3, 0.4) is 0 Å². The fourth-order valence-corrected chi connectivity index (χ4v) is 4.21. The van der Waals surface area contributed by atoms with Crippen molar-refractivity contribution in [2.24, 2.45) is 0 Å². The van der Waals surface area contributed by atoms with Crippen LogP contribution in [-0.4, -0.2) is 12.7 Å². The number of aryl methyl sites for hydroxylation is 1. The lowest BCUT2D eigenvalue weighted by Gasteiger charge is -2.20. The zero-order chi connectivity index (χ0) is 31.6. The molecule has 43 heavy (non-hydrogen) atoms. The third-order valence-corrected chi connectivity index (χ3v) is 6.15. The van der Waals surface area contributed by atoms with Gasteiger partial charge in [-0.15, -0.1) is 0 Å². The maximum atomic E-state index is 14.8. The van der Waals surface area contributed by atoms with Crippen molar-refractivity contribution in [3.05, 3.63) is 106 Å². The van der Waals surface area contributed by atoms with Gasteiger partial charge < -0.3 is 9.47 Å². The molecule has 4 aromatic rings. The second kappa shape index (κ2) is 12.5. The maximum Gasteiger partial charge on any atom is 0.433 e. The molecule has 0 atom stereocenters. The minimum Gasteiger partial charge on any atom is -0.477 e. The predicted molar refractivity (Wildman–Crippen MR) is 133 cm³/mol. The van der Waals surface area contributed by atoms with Gasteiger partial charge in [0.1, 0.15) is 29.0 Å². The van der Waals surface area contributed by atoms with E-state index in [1.54, 1.807) is 0 Å². The average Bonchev–Trinajstić information content (AvgIpc) is 2.89. The van der Waals surface area contributed by atoms with E-state index >= 15 is 0 Å². The van der Waals surface area contributed by atoms with E-state index in [1.165, 1.54) is 0 Å². The highest BCUT2D eigenvalue weighted by Crippen LogP contribution is 2.37. The molecule has 13 heteroatoms. The summed E-state index contributed by atoms with van der Waals surface area (Å²) < 4.78 is 165. The number of ether oxygens (including phenoxy) is 2. The minimum atomic E-state index is -4.36. The highest BCUT2D eigenvalue weighted by molar-refractivity contribution is 5.73. The molecule has 0 aliphatic heterocycles. The first-order valence-corrected chi connectivity index (χ1v) is 12.5. The third kappa shape index (κ3) is 7.03. The molecule has 228 valence electrons. The smallest absolute Gasteiger partial charge is 0.433 e. The lowest BCUT2D eigenvalue weighted by Crippen LogP contribution is -2.33. The molecule has 0 spiro atoms. The van der Waals surface area contributed by atoms with E-state index in [0.29, 0.717) is 37.1 Å². The molecule has 4 rings (SSSR count). The fourth-order valence-electron chi connectivity index (χ4n) is 4.21. The zero-order valence-corrected chi connectivity index (χ0v) is 21.9. The second-order valence-electron chi connectivity index (χ2n) is 9.35. The van der Waals surface area contributed by atoms with Gasteiger partial charge in [0.2, 0.25) is 0 Å². The predicted octanol–water partition coefficient (Wildman–Crippen LogP) is 9.67. The molecule has 0 aromatic heterocycles. The van der Waals surface area contributed by atoms with Crippen LogP contribution in [-0.2, 0) is 6.42 Å². The van der Waals surface area contributed by atoms with E-state index in [2.05, 4.69) is 9.47 Å². The van der Waals surface area contributed by atoms with Crippen molar-refractivity contribution >= 4 is 0 Å². The molecule has 0 heterocycles. The molecule has 0 aliphatic rings. The van der Waals surface area contributed by atoms with Crippen LogP contribution in [0.5, 0.6) is 11.5 Å². The zero-order valence-electron chi connectivity index (χ0n) is 21.9. The summed E-state index contributed by atoms with van der Waals surface area (Å²) in [4.78, 5) is 0. The van der Waals surface area contributed by atoms with Crippen LogP contribution in [0.15, 0.2) is 48.5 Å². The third-order valence-electron chi connectivity index (χ3n) is 6.15. The van der Waals surface area contributed by atoms with Crippen LogP contribution in [0.25, 0.3) is 22.3 Å². The Morgan fingerprint density at radius 3 is 1.49 bits per heavy atom. The number of halogens is 11. The quantitative estimate of drug-likeness (QED) is 0.130. The number of rotatable bonds is 10. The Balaban J connectivity index is 1.55. The Labute approximate surface area is 237 Å². The minimum absolute atomic E-state index is 0.254. The standard InChI is InChI=1S/C30H19F11O2/c1-2-3-4-14-5-24(37)29(25(38)6-14)42-13-30(40,41)43-17-11-20(33)27(21(34)12-17)15-7-18(31)26(19(32)8-15)16-9-22(35)28(39)23(36)10-16/h5-12H,2-4,13H2,1H3. The number of hydrogen-bond acceptors (Lipinski definition) is 2. The van der Waals surface area contributed by atoms with Crippen molar-refractivity contribution in [1.82, 2.24) is 0 Å². The van der Waals surface area contributed by atoms with Crippen LogP contribution in [0.1, 0.15) is 25.3 Å². The highest BCUT2D eigenvalue weighted by atomic mass is 19.3. The van der Waals surface area contributed by atoms with Gasteiger partial charge in [-0.2, -0.15) is 8.78 Å². The van der Waals surface area contributed by atoms with E-state index in [-0.39, 0.29) is 17.7 Å². The van der Waals surface area contributed by atoms with Crippen LogP contribution < -0.4 is 9.47 Å². The van der Waals surface area contributed by atoms with Crippen molar-refractivity contribution in [2.75, 3.05) is 6.61 Å². The Hall–Kier alpha value is -4.29. The molecule has 0 bridgehead atoms. The topological polar surface area (TPSA) is 18.5 Å². The van der Waals surface area contributed by atoms with Gasteiger partial charge in [0, 0.05) is 12.1 Å². The van der Waals surface area contributed by atoms with Gasteiger partial charge in [0.05, 0.1) is 11.1 Å². The summed E-state index contributed by atoms with van der Waals surface area (Å²) in [5.41, 5.74) is -3.36. The molecule has 0 aliphatic carbocycles. The normalized spacial score (nSPS) is 11.6. The van der Waals surface area contributed by atoms with Gasteiger partial charge in [0.25, 0.3) is 0 Å². The molecule has 4 aromatic carbocycles. The molecule has 0 saturated heterocycles. The second-order valence-corrected chi connectivity index (χ2v) is 9.35. The average molecular weight is 620 g/mol. The lowest BCUT2D eigenvalue weighted by atomic mass is 9.98. The van der Waals surface area contributed by atoms with Crippen molar-refractivity contribution in [3.63, 3.8) is 0 Å². The Bertz CT molecular complexity index is 1580. The number of benzene rings is 4. The van der Waals surface area contributed by atoms with E-state index in [0.717, 1.165) is 18.6 Å². The summed E-state index contributed by atoms with van der Waals surface area (Å²) in [6.45, 7) is 0.0994. The Morgan fingerprint density at radius 1 is 0.581 bits per heavy atom. The summed E-state index contributed by atoms with van der Waals surface area (Å²) in [6, 6.07) is 3.77. The van der Waals surface area contributed by atoms with Crippen LogP contribution >= 0.6 is 0 Å². The van der Waals surface area contributed by atoms with Crippen molar-refractivity contribution in [2.45, 2.75) is 32.3 Å². The van der Waals surface area contributed by atoms with Gasteiger partial charge in [-0.05, 0) is 65.9 Å². The largest absolute Gasteiger partial charge is 0.477 e. The van der Waals surface area contributed by atoms with Gasteiger partial charge in [-0.3, -0.25) is 0 Å². The molecule has 0 N–H and O–H groups in total. The summed E-state index contributed by atoms with van der Waals surface area (Å²) in [5.74, 6) is -16.4. The molecule has 2 nitrogen and oxygen atoms in total. The number of alkyl halides is 2. The molecule has 0 radical (unpaired) electrons. The molecule has 0 amide bonds. The molecular formula is C30H19F11O2. The van der Waals surface area contributed by atoms with E-state index in [1.807, 2.05) is 6.92 Å². The van der Waals surface area contributed by atoms with E-state index in [9.17, 15) is 48.3 Å². The summed E-state index contributed by atoms with van der Waals surface area (Å²) >= 11 is 0. The SMILES string of the molecule is CCCCc1cc(F)c(OCC(F)(F)Oc2cc(F)c(-c3cc(F)c(-c4cc(F)c(F)c(F)c4)c(F)c3)c(F)c2)c(F)c1. The maximum absolute atomic E-state index is 14.8. The molecule has 0 saturated carbocycles. The molecule has 0 unspecified atom stereocenters. The van der Waals surface area contributed by atoms with Crippen LogP contribution in [0.2, 0.25) is 0 Å². The van der Waals surface area contributed by atoms with Crippen molar-refractivity contribution in [1.29, 1.82) is 0 Å². The van der Waals surface area contributed by atoms with Gasteiger partial charge in [-0.25, -0.2) is 39.5 Å². The van der Waals surface area contributed by atoms with Crippen molar-refractivity contribution in [3.8, 4) is 33.8 Å². The fraction of sp³-hybridized carbons (Fsp3) is 0.200. The van der Waals surface area contributed by atoms with Crippen molar-refractivity contribution < 1.29 is 57.8 Å². The first-order valence-electron chi connectivity index (χ1n) is 12.5. The van der Waals surface area contributed by atoms with E-state index in [4.69, 9.17) is 0 Å². The summed E-state index contributed by atoms with van der Waals surface area (Å²) in [7, 11) is 0.